The maximum absolute atomic E-state index is 4.74. The number of aryl methyl sites for hydroxylation is 1. The van der Waals surface area contributed by atoms with E-state index < -0.39 is 0 Å². The molecule has 0 radical (unpaired) electrons. The fraction of sp³-hybridized carbons (Fsp3) is 0.125. The van der Waals surface area contributed by atoms with E-state index in [1.54, 1.807) is 11.3 Å². The van der Waals surface area contributed by atoms with Crippen molar-refractivity contribution in [3.8, 4) is 0 Å². The molecule has 2 nitrogen and oxygen atoms in total. The number of benzene rings is 2. The van der Waals surface area contributed by atoms with Crippen LogP contribution in [0.15, 0.2) is 47.5 Å². The van der Waals surface area contributed by atoms with Gasteiger partial charge in [0, 0.05) is 6.42 Å². The predicted molar refractivity (Wildman–Crippen MR) is 80.7 cm³/mol. The largest absolute Gasteiger partial charge is 0.252 e. The molecule has 1 aliphatic rings. The van der Waals surface area contributed by atoms with E-state index in [4.69, 9.17) is 4.99 Å². The summed E-state index contributed by atoms with van der Waals surface area (Å²) in [6, 6.07) is 14.8. The molecule has 0 saturated heterocycles. The normalized spacial score (nSPS) is 13.6. The molecule has 0 N–H and O–H groups in total. The van der Waals surface area contributed by atoms with Crippen molar-refractivity contribution < 1.29 is 0 Å². The van der Waals surface area contributed by atoms with Crippen LogP contribution in [0.5, 0.6) is 0 Å². The van der Waals surface area contributed by atoms with Crippen molar-refractivity contribution >= 4 is 33.0 Å². The van der Waals surface area contributed by atoms with Crippen LogP contribution >= 0.6 is 11.3 Å². The molecule has 19 heavy (non-hydrogen) atoms. The van der Waals surface area contributed by atoms with Gasteiger partial charge in [-0.25, -0.2) is 4.98 Å². The second kappa shape index (κ2) is 4.00. The molecule has 2 aromatic carbocycles. The molecule has 1 aliphatic heterocycles. The number of rotatable bonds is 1. The number of nitrogens with zero attached hydrogens (tertiary/aromatic N) is 2. The van der Waals surface area contributed by atoms with Crippen LogP contribution in [0.25, 0.3) is 10.2 Å². The van der Waals surface area contributed by atoms with E-state index in [9.17, 15) is 0 Å². The number of aliphatic imine (C=N–C) groups is 1. The molecule has 0 aliphatic carbocycles. The van der Waals surface area contributed by atoms with Gasteiger partial charge in [0.15, 0.2) is 0 Å². The third-order valence-corrected chi connectivity index (χ3v) is 4.37. The van der Waals surface area contributed by atoms with Gasteiger partial charge in [-0.1, -0.05) is 24.3 Å². The molecular weight excluding hydrogens is 252 g/mol. The van der Waals surface area contributed by atoms with Gasteiger partial charge in [0.05, 0.1) is 26.6 Å². The van der Waals surface area contributed by atoms with Gasteiger partial charge in [-0.15, -0.1) is 11.3 Å². The number of hydrogen-bond acceptors (Lipinski definition) is 3. The second-order valence-electron chi connectivity index (χ2n) is 4.78. The standard InChI is InChI=1S/C16H12N2S/c1-10-17-14-7-6-12(9-16(14)19-10)15-8-11-4-2-3-5-13(11)18-15/h2-7,9H,8H2,1H3. The van der Waals surface area contributed by atoms with Crippen LogP contribution in [0.1, 0.15) is 16.1 Å². The van der Waals surface area contributed by atoms with Gasteiger partial charge in [0.25, 0.3) is 0 Å². The zero-order chi connectivity index (χ0) is 12.8. The zero-order valence-corrected chi connectivity index (χ0v) is 11.4. The first-order chi connectivity index (χ1) is 9.29. The van der Waals surface area contributed by atoms with Crippen molar-refractivity contribution in [3.05, 3.63) is 58.6 Å². The highest BCUT2D eigenvalue weighted by atomic mass is 32.1. The monoisotopic (exact) mass is 264 g/mol. The predicted octanol–water partition coefficient (Wildman–Crippen LogP) is 4.28. The quantitative estimate of drug-likeness (QED) is 0.644. The highest BCUT2D eigenvalue weighted by Gasteiger charge is 2.15. The lowest BCUT2D eigenvalue weighted by molar-refractivity contribution is 1.34. The van der Waals surface area contributed by atoms with Crippen LogP contribution in [0.3, 0.4) is 0 Å². The van der Waals surface area contributed by atoms with Crippen molar-refractivity contribution in [3.63, 3.8) is 0 Å². The van der Waals surface area contributed by atoms with Gasteiger partial charge in [0.2, 0.25) is 0 Å². The third kappa shape index (κ3) is 1.78. The van der Waals surface area contributed by atoms with Crippen molar-refractivity contribution in [1.82, 2.24) is 4.98 Å². The Hall–Kier alpha value is -2.00. The first kappa shape index (κ1) is 10.9. The molecule has 0 atom stereocenters. The van der Waals surface area contributed by atoms with Crippen LogP contribution in [-0.4, -0.2) is 10.7 Å². The Morgan fingerprint density at radius 2 is 2.00 bits per heavy atom. The number of hydrogen-bond donors (Lipinski definition) is 0. The smallest absolute Gasteiger partial charge is 0.0907 e. The summed E-state index contributed by atoms with van der Waals surface area (Å²) in [4.78, 5) is 9.24. The van der Waals surface area contributed by atoms with Crippen LogP contribution < -0.4 is 0 Å². The molecule has 0 fully saturated rings. The molecule has 0 bridgehead atoms. The first-order valence-electron chi connectivity index (χ1n) is 6.33. The van der Waals surface area contributed by atoms with E-state index in [1.807, 2.05) is 13.0 Å². The SMILES string of the molecule is Cc1nc2ccc(C3=Nc4ccccc4C3)cc2s1. The van der Waals surface area contributed by atoms with Crippen molar-refractivity contribution in [2.75, 3.05) is 0 Å². The lowest BCUT2D eigenvalue weighted by atomic mass is 10.0. The minimum atomic E-state index is 0.930. The van der Waals surface area contributed by atoms with Crippen LogP contribution in [0.2, 0.25) is 0 Å². The fourth-order valence-corrected chi connectivity index (χ4v) is 3.39. The fourth-order valence-electron chi connectivity index (χ4n) is 2.52. The Morgan fingerprint density at radius 1 is 1.11 bits per heavy atom. The summed E-state index contributed by atoms with van der Waals surface area (Å²) in [5.74, 6) is 0. The Labute approximate surface area is 115 Å². The molecule has 0 spiro atoms. The summed E-state index contributed by atoms with van der Waals surface area (Å²) >= 11 is 1.74. The summed E-state index contributed by atoms with van der Waals surface area (Å²) in [6.45, 7) is 2.05. The summed E-state index contributed by atoms with van der Waals surface area (Å²) in [5, 5.41) is 1.11. The summed E-state index contributed by atoms with van der Waals surface area (Å²) < 4.78 is 1.24. The molecule has 4 rings (SSSR count). The Balaban J connectivity index is 1.80. The van der Waals surface area contributed by atoms with E-state index in [1.165, 1.54) is 15.8 Å². The number of para-hydroxylation sites is 1. The third-order valence-electron chi connectivity index (χ3n) is 3.43. The highest BCUT2D eigenvalue weighted by Crippen LogP contribution is 2.30. The molecular formula is C16H12N2S. The average molecular weight is 264 g/mol. The molecule has 3 aromatic rings. The Bertz CT molecular complexity index is 814. The zero-order valence-electron chi connectivity index (χ0n) is 10.6. The molecule has 0 saturated carbocycles. The maximum atomic E-state index is 4.74. The highest BCUT2D eigenvalue weighted by molar-refractivity contribution is 7.18. The second-order valence-corrected chi connectivity index (χ2v) is 6.01. The molecule has 2 heterocycles. The minimum absolute atomic E-state index is 0.930. The lowest BCUT2D eigenvalue weighted by Gasteiger charge is -1.99. The van der Waals surface area contributed by atoms with Crippen molar-refractivity contribution in [2.45, 2.75) is 13.3 Å². The van der Waals surface area contributed by atoms with Crippen molar-refractivity contribution in [2.24, 2.45) is 4.99 Å². The van der Waals surface area contributed by atoms with Crippen LogP contribution in [0.4, 0.5) is 5.69 Å². The van der Waals surface area contributed by atoms with Crippen LogP contribution in [-0.2, 0) is 6.42 Å². The Morgan fingerprint density at radius 3 is 2.89 bits per heavy atom. The lowest BCUT2D eigenvalue weighted by Crippen LogP contribution is -1.99. The molecule has 3 heteroatoms. The summed E-state index contributed by atoms with van der Waals surface area (Å²) in [7, 11) is 0. The van der Waals surface area contributed by atoms with E-state index in [0.29, 0.717) is 0 Å². The van der Waals surface area contributed by atoms with Crippen LogP contribution in [0, 0.1) is 6.92 Å². The van der Waals surface area contributed by atoms with Gasteiger partial charge >= 0.3 is 0 Å². The Kier molecular flexibility index (Phi) is 2.29. The van der Waals surface area contributed by atoms with Gasteiger partial charge < -0.3 is 0 Å². The number of thiazole rings is 1. The summed E-state index contributed by atoms with van der Waals surface area (Å²) in [6.07, 6.45) is 0.930. The molecule has 1 aromatic heterocycles. The molecule has 92 valence electrons. The molecule has 0 unspecified atom stereocenters. The summed E-state index contributed by atoms with van der Waals surface area (Å²) in [5.41, 5.74) is 5.89. The topological polar surface area (TPSA) is 25.2 Å². The molecule has 0 amide bonds. The number of fused-ring (bicyclic) bond motifs is 2. The van der Waals surface area contributed by atoms with E-state index in [0.717, 1.165) is 28.3 Å². The number of aromatic nitrogens is 1. The van der Waals surface area contributed by atoms with Gasteiger partial charge in [-0.05, 0) is 36.2 Å². The van der Waals surface area contributed by atoms with Gasteiger partial charge in [-0.2, -0.15) is 0 Å². The first-order valence-corrected chi connectivity index (χ1v) is 7.14. The van der Waals surface area contributed by atoms with Gasteiger partial charge in [-0.3, -0.25) is 4.99 Å². The van der Waals surface area contributed by atoms with E-state index >= 15 is 0 Å². The van der Waals surface area contributed by atoms with E-state index in [2.05, 4.69) is 41.4 Å². The minimum Gasteiger partial charge on any atom is -0.252 e. The average Bonchev–Trinajstić information content (AvgIpc) is 2.99. The van der Waals surface area contributed by atoms with Gasteiger partial charge in [0.1, 0.15) is 0 Å². The van der Waals surface area contributed by atoms with Crippen molar-refractivity contribution in [1.29, 1.82) is 0 Å². The maximum Gasteiger partial charge on any atom is 0.0907 e. The van der Waals surface area contributed by atoms with E-state index in [-0.39, 0.29) is 0 Å².